The Morgan fingerprint density at radius 3 is 2.30 bits per heavy atom. The number of amides is 2. The first-order valence-electron chi connectivity index (χ1n) is 17.4. The van der Waals surface area contributed by atoms with Crippen molar-refractivity contribution >= 4 is 11.8 Å². The number of hydrogen-bond acceptors (Lipinski definition) is 8. The van der Waals surface area contributed by atoms with Crippen LogP contribution >= 0.6 is 0 Å². The van der Waals surface area contributed by atoms with Crippen LogP contribution in [-0.4, -0.2) is 58.3 Å². The van der Waals surface area contributed by atoms with Crippen molar-refractivity contribution in [2.24, 2.45) is 0 Å². The first kappa shape index (κ1) is 36.8. The van der Waals surface area contributed by atoms with Crippen LogP contribution in [-0.2, 0) is 38.6 Å². The molecule has 1 fully saturated rings. The largest absolute Gasteiger partial charge is 0.392 e. The van der Waals surface area contributed by atoms with Gasteiger partial charge >= 0.3 is 0 Å². The summed E-state index contributed by atoms with van der Waals surface area (Å²) in [5.41, 5.74) is 8.61. The van der Waals surface area contributed by atoms with Crippen LogP contribution in [0.25, 0.3) is 11.1 Å². The molecular weight excluding hydrogens is 632 g/mol. The van der Waals surface area contributed by atoms with Gasteiger partial charge < -0.3 is 24.8 Å². The normalized spacial score (nSPS) is 17.4. The lowest BCUT2D eigenvalue weighted by Gasteiger charge is -2.38. The van der Waals surface area contributed by atoms with E-state index in [1.54, 1.807) is 5.48 Å². The fourth-order valence-corrected chi connectivity index (χ4v) is 6.19. The van der Waals surface area contributed by atoms with Crippen molar-refractivity contribution in [3.8, 4) is 11.1 Å². The summed E-state index contributed by atoms with van der Waals surface area (Å²) in [4.78, 5) is 30.4. The van der Waals surface area contributed by atoms with Gasteiger partial charge in [0, 0.05) is 62.8 Å². The zero-order chi connectivity index (χ0) is 35.1. The van der Waals surface area contributed by atoms with Crippen molar-refractivity contribution in [2.75, 3.05) is 20.1 Å². The van der Waals surface area contributed by atoms with Crippen LogP contribution < -0.4 is 10.8 Å². The van der Waals surface area contributed by atoms with Crippen molar-refractivity contribution in [3.05, 3.63) is 125 Å². The van der Waals surface area contributed by atoms with E-state index < -0.39 is 12.2 Å². The average molecular weight is 681 g/mol. The topological polar surface area (TPSA) is 133 Å². The Hall–Kier alpha value is -4.45. The molecule has 1 aliphatic heterocycles. The summed E-state index contributed by atoms with van der Waals surface area (Å²) >= 11 is 0. The van der Waals surface area contributed by atoms with Gasteiger partial charge in [-0.2, -0.15) is 0 Å². The van der Waals surface area contributed by atoms with E-state index in [9.17, 15) is 14.7 Å². The number of rotatable bonds is 17. The molecular formula is C40H48N4O6. The summed E-state index contributed by atoms with van der Waals surface area (Å²) in [5, 5.41) is 21.2. The molecule has 0 saturated carbocycles. The van der Waals surface area contributed by atoms with Crippen LogP contribution in [0.3, 0.4) is 0 Å². The van der Waals surface area contributed by atoms with E-state index in [4.69, 9.17) is 14.7 Å². The van der Waals surface area contributed by atoms with Gasteiger partial charge in [-0.05, 0) is 59.8 Å². The third-order valence-corrected chi connectivity index (χ3v) is 9.03. The second-order valence-corrected chi connectivity index (χ2v) is 12.8. The molecule has 1 aliphatic rings. The lowest BCUT2D eigenvalue weighted by molar-refractivity contribution is -0.252. The van der Waals surface area contributed by atoms with E-state index in [0.29, 0.717) is 32.2 Å². The third kappa shape index (κ3) is 11.0. The van der Waals surface area contributed by atoms with E-state index in [1.165, 1.54) is 0 Å². The zero-order valence-corrected chi connectivity index (χ0v) is 28.7. The number of aliphatic hydroxyl groups excluding tert-OH is 1. The Morgan fingerprint density at radius 2 is 1.58 bits per heavy atom. The van der Waals surface area contributed by atoms with Crippen molar-refractivity contribution < 1.29 is 29.4 Å². The summed E-state index contributed by atoms with van der Waals surface area (Å²) in [6, 6.07) is 30.2. The van der Waals surface area contributed by atoms with E-state index in [-0.39, 0.29) is 31.1 Å². The molecule has 10 nitrogen and oxygen atoms in total. The number of carbonyl (C=O) groups is 2. The van der Waals surface area contributed by atoms with E-state index in [1.807, 2.05) is 79.0 Å². The SMILES string of the molecule is CN(CCc1ccccn1)C[C@@H]1C[C@H](c2ccc(CO)cc2)O[C@H](c2ccc(-c3ccccc3CNC(=O)CCCCCC(=O)NO)cc2)O1. The molecule has 0 spiro atoms. The van der Waals surface area contributed by atoms with Crippen molar-refractivity contribution in [2.45, 2.75) is 76.6 Å². The minimum atomic E-state index is -0.554. The molecule has 10 heteroatoms. The lowest BCUT2D eigenvalue weighted by atomic mass is 9.97. The average Bonchev–Trinajstić information content (AvgIpc) is 3.16. The number of nitrogens with one attached hydrogen (secondary N) is 2. The van der Waals surface area contributed by atoms with Gasteiger partial charge in [0.05, 0.1) is 18.8 Å². The molecule has 1 aromatic heterocycles. The molecule has 50 heavy (non-hydrogen) atoms. The number of hydrogen-bond donors (Lipinski definition) is 4. The van der Waals surface area contributed by atoms with Gasteiger partial charge in [-0.25, -0.2) is 5.48 Å². The van der Waals surface area contributed by atoms with E-state index in [2.05, 4.69) is 40.4 Å². The van der Waals surface area contributed by atoms with Crippen molar-refractivity contribution in [1.82, 2.24) is 20.7 Å². The Kier molecular flexibility index (Phi) is 14.0. The number of aliphatic hydroxyl groups is 1. The highest BCUT2D eigenvalue weighted by molar-refractivity contribution is 5.76. The molecule has 0 bridgehead atoms. The second-order valence-electron chi connectivity index (χ2n) is 12.8. The van der Waals surface area contributed by atoms with E-state index >= 15 is 0 Å². The van der Waals surface area contributed by atoms with Gasteiger partial charge in [-0.1, -0.05) is 85.3 Å². The van der Waals surface area contributed by atoms with Crippen LogP contribution in [0.2, 0.25) is 0 Å². The standard InChI is InChI=1S/C40H48N4O6/c1-44(24-22-34-10-7-8-23-41-34)27-35-25-37(31-16-14-29(28-45)15-17-31)50-40(49-35)32-20-18-30(19-21-32)36-11-6-5-9-33(36)26-42-38(46)12-3-2-4-13-39(47)43-48/h5-11,14-21,23,35,37,40,45,48H,2-4,12-13,22,24-28H2,1H3,(H,42,46)(H,43,47)/t35-,37+,40+/m0/s1. The molecule has 3 aromatic carbocycles. The number of unbranched alkanes of at least 4 members (excludes halogenated alkanes) is 2. The fraction of sp³-hybridized carbons (Fsp3) is 0.375. The molecule has 2 amide bonds. The number of benzene rings is 3. The van der Waals surface area contributed by atoms with Crippen molar-refractivity contribution in [1.29, 1.82) is 0 Å². The number of ether oxygens (including phenoxy) is 2. The molecule has 2 heterocycles. The van der Waals surface area contributed by atoms with Crippen LogP contribution in [0.15, 0.2) is 97.2 Å². The maximum absolute atomic E-state index is 12.5. The number of aromatic nitrogens is 1. The number of nitrogens with zero attached hydrogens (tertiary/aromatic N) is 2. The number of hydroxylamine groups is 1. The number of likely N-dealkylation sites (N-methyl/N-ethyl adjacent to an activating group) is 1. The van der Waals surface area contributed by atoms with Crippen LogP contribution in [0.1, 0.15) is 78.9 Å². The van der Waals surface area contributed by atoms with Gasteiger partial charge in [0.25, 0.3) is 0 Å². The van der Waals surface area contributed by atoms with Gasteiger partial charge in [0.15, 0.2) is 6.29 Å². The first-order valence-corrected chi connectivity index (χ1v) is 17.4. The van der Waals surface area contributed by atoms with Gasteiger partial charge in [0.1, 0.15) is 0 Å². The summed E-state index contributed by atoms with van der Waals surface area (Å²) in [6.45, 7) is 2.01. The Labute approximate surface area is 294 Å². The van der Waals surface area contributed by atoms with Crippen LogP contribution in [0, 0.1) is 0 Å². The predicted octanol–water partition coefficient (Wildman–Crippen LogP) is 6.03. The van der Waals surface area contributed by atoms with Gasteiger partial charge in [-0.15, -0.1) is 0 Å². The molecule has 264 valence electrons. The van der Waals surface area contributed by atoms with E-state index in [0.717, 1.165) is 65.0 Å². The highest BCUT2D eigenvalue weighted by atomic mass is 16.7. The van der Waals surface area contributed by atoms with Gasteiger partial charge in [-0.3, -0.25) is 19.8 Å². The lowest BCUT2D eigenvalue weighted by Crippen LogP contribution is -2.38. The van der Waals surface area contributed by atoms with Crippen molar-refractivity contribution in [3.63, 3.8) is 0 Å². The number of carbonyl (C=O) groups excluding carboxylic acids is 2. The minimum absolute atomic E-state index is 0.00186. The fourth-order valence-electron chi connectivity index (χ4n) is 6.19. The second kappa shape index (κ2) is 19.1. The van der Waals surface area contributed by atoms with Gasteiger partial charge in [0.2, 0.25) is 11.8 Å². The van der Waals surface area contributed by atoms with Crippen LogP contribution in [0.5, 0.6) is 0 Å². The molecule has 0 aliphatic carbocycles. The Bertz CT molecular complexity index is 1630. The maximum atomic E-state index is 12.5. The maximum Gasteiger partial charge on any atom is 0.243 e. The zero-order valence-electron chi connectivity index (χ0n) is 28.7. The highest BCUT2D eigenvalue weighted by Crippen LogP contribution is 2.38. The summed E-state index contributed by atoms with van der Waals surface area (Å²) in [6.07, 6.45) is 5.27. The summed E-state index contributed by atoms with van der Waals surface area (Å²) in [7, 11) is 2.11. The quantitative estimate of drug-likeness (QED) is 0.0604. The molecule has 1 saturated heterocycles. The highest BCUT2D eigenvalue weighted by Gasteiger charge is 2.32. The number of pyridine rings is 1. The molecule has 5 rings (SSSR count). The smallest absolute Gasteiger partial charge is 0.243 e. The molecule has 4 N–H and O–H groups in total. The first-order chi connectivity index (χ1) is 24.4. The third-order valence-electron chi connectivity index (χ3n) is 9.03. The molecule has 0 radical (unpaired) electrons. The molecule has 3 atom stereocenters. The summed E-state index contributed by atoms with van der Waals surface area (Å²) < 4.78 is 13.2. The predicted molar refractivity (Wildman–Crippen MR) is 191 cm³/mol. The monoisotopic (exact) mass is 680 g/mol. The Morgan fingerprint density at radius 1 is 0.860 bits per heavy atom. The minimum Gasteiger partial charge on any atom is -0.392 e. The molecule has 0 unspecified atom stereocenters. The molecule has 4 aromatic rings. The Balaban J connectivity index is 1.22. The van der Waals surface area contributed by atoms with Crippen LogP contribution in [0.4, 0.5) is 0 Å². The summed E-state index contributed by atoms with van der Waals surface area (Å²) in [5.74, 6) is -0.446.